The molecule has 0 fully saturated rings. The van der Waals surface area contributed by atoms with Crippen LogP contribution in [0.25, 0.3) is 0 Å². The topological polar surface area (TPSA) is 96.6 Å². The molecule has 1 aromatic carbocycles. The lowest BCUT2D eigenvalue weighted by atomic mass is 9.93. The van der Waals surface area contributed by atoms with Gasteiger partial charge in [0.1, 0.15) is 5.69 Å². The van der Waals surface area contributed by atoms with Gasteiger partial charge in [-0.1, -0.05) is 13.0 Å². The summed E-state index contributed by atoms with van der Waals surface area (Å²) in [6.07, 6.45) is 0.335. The Bertz CT molecular complexity index is 583. The van der Waals surface area contributed by atoms with Crippen LogP contribution in [0.15, 0.2) is 23.3 Å². The molecule has 20 heavy (non-hydrogen) atoms. The number of hydrogen-bond donors (Lipinski definition) is 2. The van der Waals surface area contributed by atoms with Crippen molar-refractivity contribution < 1.29 is 9.72 Å². The van der Waals surface area contributed by atoms with E-state index < -0.39 is 4.92 Å². The number of benzene rings is 1. The third-order valence-corrected chi connectivity index (χ3v) is 3.12. The van der Waals surface area contributed by atoms with Gasteiger partial charge in [-0.3, -0.25) is 14.9 Å². The molecule has 1 amide bonds. The fourth-order valence-corrected chi connectivity index (χ4v) is 2.18. The van der Waals surface area contributed by atoms with E-state index in [1.54, 1.807) is 12.1 Å². The van der Waals surface area contributed by atoms with Crippen molar-refractivity contribution in [2.75, 3.05) is 11.9 Å². The third kappa shape index (κ3) is 2.76. The van der Waals surface area contributed by atoms with Crippen LogP contribution in [0.2, 0.25) is 0 Å². The van der Waals surface area contributed by atoms with Crippen molar-refractivity contribution >= 4 is 23.0 Å². The molecule has 7 nitrogen and oxygen atoms in total. The van der Waals surface area contributed by atoms with Gasteiger partial charge in [0.25, 0.3) is 5.69 Å². The smallest absolute Gasteiger partial charge is 0.292 e. The largest absolute Gasteiger partial charge is 0.380 e. The highest BCUT2D eigenvalue weighted by Crippen LogP contribution is 2.27. The first kappa shape index (κ1) is 14.0. The predicted molar refractivity (Wildman–Crippen MR) is 75.7 cm³/mol. The number of carbonyl (C=O) groups is 1. The highest BCUT2D eigenvalue weighted by molar-refractivity contribution is 6.06. The SMILES string of the molecule is CCNc1ccc(C2=NNC(=O)C[C@H]2C)cc1[N+](=O)[O-]. The first-order chi connectivity index (χ1) is 9.52. The summed E-state index contributed by atoms with van der Waals surface area (Å²) in [5.41, 5.74) is 4.23. The lowest BCUT2D eigenvalue weighted by molar-refractivity contribution is -0.384. The molecule has 0 aliphatic carbocycles. The molecule has 2 rings (SSSR count). The van der Waals surface area contributed by atoms with Gasteiger partial charge in [-0.25, -0.2) is 5.43 Å². The van der Waals surface area contributed by atoms with Crippen LogP contribution in [0.1, 0.15) is 25.8 Å². The van der Waals surface area contributed by atoms with Crippen LogP contribution in [-0.2, 0) is 4.79 Å². The quantitative estimate of drug-likeness (QED) is 0.648. The van der Waals surface area contributed by atoms with Gasteiger partial charge in [-0.2, -0.15) is 5.10 Å². The van der Waals surface area contributed by atoms with Gasteiger partial charge in [-0.15, -0.1) is 0 Å². The van der Waals surface area contributed by atoms with E-state index in [-0.39, 0.29) is 17.5 Å². The summed E-state index contributed by atoms with van der Waals surface area (Å²) in [5.74, 6) is -0.201. The van der Waals surface area contributed by atoms with E-state index in [4.69, 9.17) is 0 Å². The summed E-state index contributed by atoms with van der Waals surface area (Å²) in [7, 11) is 0. The Labute approximate surface area is 116 Å². The number of nitrogens with zero attached hydrogens (tertiary/aromatic N) is 2. The molecule has 7 heteroatoms. The van der Waals surface area contributed by atoms with E-state index in [1.807, 2.05) is 13.8 Å². The Morgan fingerprint density at radius 1 is 1.55 bits per heavy atom. The first-order valence-corrected chi connectivity index (χ1v) is 6.42. The molecule has 0 radical (unpaired) electrons. The number of anilines is 1. The molecule has 1 atom stereocenters. The summed E-state index contributed by atoms with van der Waals surface area (Å²) in [6.45, 7) is 4.36. The van der Waals surface area contributed by atoms with Gasteiger partial charge in [0, 0.05) is 30.5 Å². The number of hydrazone groups is 1. The standard InChI is InChI=1S/C13H16N4O3/c1-3-14-10-5-4-9(7-11(10)17(19)20)13-8(2)6-12(18)15-16-13/h4-5,7-8,14H,3,6H2,1-2H3,(H,15,18)/t8-/m1/s1. The minimum absolute atomic E-state index is 0.0103. The zero-order valence-electron chi connectivity index (χ0n) is 11.3. The molecular formula is C13H16N4O3. The molecule has 0 bridgehead atoms. The summed E-state index contributed by atoms with van der Waals surface area (Å²) in [4.78, 5) is 21.9. The molecule has 1 aromatic rings. The van der Waals surface area contributed by atoms with Crippen molar-refractivity contribution in [2.45, 2.75) is 20.3 Å². The van der Waals surface area contributed by atoms with Crippen LogP contribution < -0.4 is 10.7 Å². The summed E-state index contributed by atoms with van der Waals surface area (Å²) in [6, 6.07) is 4.94. The van der Waals surface area contributed by atoms with Crippen LogP contribution in [0.4, 0.5) is 11.4 Å². The van der Waals surface area contributed by atoms with Gasteiger partial charge in [0.05, 0.1) is 10.6 Å². The second-order valence-electron chi connectivity index (χ2n) is 4.66. The summed E-state index contributed by atoms with van der Waals surface area (Å²) >= 11 is 0. The second kappa shape index (κ2) is 5.68. The Hall–Kier alpha value is -2.44. The van der Waals surface area contributed by atoms with E-state index in [2.05, 4.69) is 15.8 Å². The monoisotopic (exact) mass is 276 g/mol. The Morgan fingerprint density at radius 2 is 2.30 bits per heavy atom. The fourth-order valence-electron chi connectivity index (χ4n) is 2.18. The van der Waals surface area contributed by atoms with Gasteiger partial charge in [-0.05, 0) is 13.0 Å². The van der Waals surface area contributed by atoms with E-state index in [0.29, 0.717) is 29.9 Å². The molecule has 1 heterocycles. The lowest BCUT2D eigenvalue weighted by Gasteiger charge is -2.19. The second-order valence-corrected chi connectivity index (χ2v) is 4.66. The molecule has 0 unspecified atom stereocenters. The number of nitrogens with one attached hydrogen (secondary N) is 2. The number of hydrogen-bond acceptors (Lipinski definition) is 5. The Kier molecular flexibility index (Phi) is 3.97. The maximum atomic E-state index is 11.2. The van der Waals surface area contributed by atoms with Crippen LogP contribution in [0.3, 0.4) is 0 Å². The first-order valence-electron chi connectivity index (χ1n) is 6.42. The minimum Gasteiger partial charge on any atom is -0.380 e. The number of nitro groups is 1. The fraction of sp³-hybridized carbons (Fsp3) is 0.385. The van der Waals surface area contributed by atoms with Gasteiger partial charge < -0.3 is 5.32 Å². The van der Waals surface area contributed by atoms with Crippen molar-refractivity contribution in [1.82, 2.24) is 5.43 Å². The lowest BCUT2D eigenvalue weighted by Crippen LogP contribution is -2.32. The maximum absolute atomic E-state index is 11.2. The van der Waals surface area contributed by atoms with Gasteiger partial charge in [0.15, 0.2) is 0 Å². The normalized spacial score (nSPS) is 18.2. The molecular weight excluding hydrogens is 260 g/mol. The van der Waals surface area contributed by atoms with Crippen molar-refractivity contribution in [3.63, 3.8) is 0 Å². The molecule has 0 saturated carbocycles. The van der Waals surface area contributed by atoms with Gasteiger partial charge in [0.2, 0.25) is 5.91 Å². The van der Waals surface area contributed by atoms with Crippen molar-refractivity contribution in [2.24, 2.45) is 11.0 Å². The van der Waals surface area contributed by atoms with Crippen LogP contribution in [0, 0.1) is 16.0 Å². The number of rotatable bonds is 4. The Balaban J connectivity index is 2.41. The van der Waals surface area contributed by atoms with Crippen LogP contribution in [-0.4, -0.2) is 23.1 Å². The third-order valence-electron chi connectivity index (χ3n) is 3.12. The van der Waals surface area contributed by atoms with Crippen LogP contribution in [0.5, 0.6) is 0 Å². The minimum atomic E-state index is -0.422. The zero-order valence-corrected chi connectivity index (χ0v) is 11.3. The van der Waals surface area contributed by atoms with E-state index in [0.717, 1.165) is 0 Å². The molecule has 0 spiro atoms. The van der Waals surface area contributed by atoms with E-state index in [9.17, 15) is 14.9 Å². The molecule has 0 aromatic heterocycles. The molecule has 1 aliphatic rings. The molecule has 0 saturated heterocycles. The average molecular weight is 276 g/mol. The number of carbonyl (C=O) groups excluding carboxylic acids is 1. The zero-order chi connectivity index (χ0) is 14.7. The molecule has 2 N–H and O–H groups in total. The summed E-state index contributed by atoms with van der Waals surface area (Å²) < 4.78 is 0. The molecule has 106 valence electrons. The van der Waals surface area contributed by atoms with E-state index >= 15 is 0 Å². The van der Waals surface area contributed by atoms with Crippen molar-refractivity contribution in [3.05, 3.63) is 33.9 Å². The van der Waals surface area contributed by atoms with Crippen molar-refractivity contribution in [3.8, 4) is 0 Å². The van der Waals surface area contributed by atoms with Gasteiger partial charge >= 0.3 is 0 Å². The van der Waals surface area contributed by atoms with Crippen LogP contribution >= 0.6 is 0 Å². The maximum Gasteiger partial charge on any atom is 0.292 e. The highest BCUT2D eigenvalue weighted by atomic mass is 16.6. The average Bonchev–Trinajstić information content (AvgIpc) is 2.39. The number of amides is 1. The van der Waals surface area contributed by atoms with Crippen molar-refractivity contribution in [1.29, 1.82) is 0 Å². The van der Waals surface area contributed by atoms with E-state index in [1.165, 1.54) is 6.07 Å². The highest BCUT2D eigenvalue weighted by Gasteiger charge is 2.24. The molecule has 1 aliphatic heterocycles. The Morgan fingerprint density at radius 3 is 2.90 bits per heavy atom. The predicted octanol–water partition coefficient (Wildman–Crippen LogP) is 1.89. The number of nitro benzene ring substituents is 1. The summed E-state index contributed by atoms with van der Waals surface area (Å²) in [5, 5.41) is 18.1.